The Morgan fingerprint density at radius 3 is 2.57 bits per heavy atom. The lowest BCUT2D eigenvalue weighted by molar-refractivity contribution is -0.123. The van der Waals surface area contributed by atoms with Crippen molar-refractivity contribution >= 4 is 17.6 Å². The minimum Gasteiger partial charge on any atom is -0.449 e. The molecule has 1 aromatic carbocycles. The molecule has 0 spiro atoms. The first-order chi connectivity index (χ1) is 10.8. The molecule has 0 radical (unpaired) electrons. The van der Waals surface area contributed by atoms with E-state index in [-0.39, 0.29) is 17.0 Å². The van der Waals surface area contributed by atoms with Gasteiger partial charge in [0.25, 0.3) is 5.91 Å². The Hall–Kier alpha value is -2.77. The number of halogens is 2. The standard InChI is InChI=1S/C15H14F2N2O4/c1-7-13(8(2)23-19-7)15(21)22-9(3)14(20)18-12-5-4-10(16)6-11(12)17/h4-6,9H,1-3H3,(H,18,20)/t9-/m0/s1. The molecule has 8 heteroatoms. The number of amides is 1. The molecule has 0 fully saturated rings. The maximum Gasteiger partial charge on any atom is 0.344 e. The van der Waals surface area contributed by atoms with Gasteiger partial charge in [0, 0.05) is 6.07 Å². The van der Waals surface area contributed by atoms with Crippen LogP contribution in [0.15, 0.2) is 22.7 Å². The highest BCUT2D eigenvalue weighted by atomic mass is 19.1. The average molecular weight is 324 g/mol. The minimum atomic E-state index is -1.19. The van der Waals surface area contributed by atoms with Crippen molar-refractivity contribution in [1.82, 2.24) is 5.16 Å². The van der Waals surface area contributed by atoms with Crippen LogP contribution in [0.3, 0.4) is 0 Å². The molecule has 0 aliphatic carbocycles. The number of hydrogen-bond donors (Lipinski definition) is 1. The van der Waals surface area contributed by atoms with Gasteiger partial charge in [-0.3, -0.25) is 4.79 Å². The van der Waals surface area contributed by atoms with E-state index >= 15 is 0 Å². The molecule has 0 saturated carbocycles. The number of carbonyl (C=O) groups is 2. The number of nitrogens with zero attached hydrogens (tertiary/aromatic N) is 1. The largest absolute Gasteiger partial charge is 0.449 e. The van der Waals surface area contributed by atoms with E-state index in [0.717, 1.165) is 12.1 Å². The Kier molecular flexibility index (Phi) is 4.73. The molecule has 23 heavy (non-hydrogen) atoms. The van der Waals surface area contributed by atoms with Crippen molar-refractivity contribution in [3.8, 4) is 0 Å². The van der Waals surface area contributed by atoms with E-state index in [1.54, 1.807) is 6.92 Å². The topological polar surface area (TPSA) is 81.4 Å². The van der Waals surface area contributed by atoms with Gasteiger partial charge >= 0.3 is 5.97 Å². The van der Waals surface area contributed by atoms with Crippen molar-refractivity contribution in [2.45, 2.75) is 26.9 Å². The second-order valence-electron chi connectivity index (χ2n) is 4.86. The summed E-state index contributed by atoms with van der Waals surface area (Å²) in [7, 11) is 0. The highest BCUT2D eigenvalue weighted by Gasteiger charge is 2.24. The van der Waals surface area contributed by atoms with Crippen LogP contribution in [0.4, 0.5) is 14.5 Å². The van der Waals surface area contributed by atoms with Crippen molar-refractivity contribution in [2.75, 3.05) is 5.32 Å². The third-order valence-corrected chi connectivity index (χ3v) is 3.08. The second-order valence-corrected chi connectivity index (χ2v) is 4.86. The van der Waals surface area contributed by atoms with E-state index in [4.69, 9.17) is 9.26 Å². The van der Waals surface area contributed by atoms with Crippen LogP contribution in [0.25, 0.3) is 0 Å². The highest BCUT2D eigenvalue weighted by molar-refractivity contribution is 5.98. The maximum absolute atomic E-state index is 13.5. The van der Waals surface area contributed by atoms with E-state index in [1.807, 2.05) is 0 Å². The number of rotatable bonds is 4. The molecular weight excluding hydrogens is 310 g/mol. The van der Waals surface area contributed by atoms with Gasteiger partial charge in [0.15, 0.2) is 6.10 Å². The maximum atomic E-state index is 13.5. The fourth-order valence-electron chi connectivity index (χ4n) is 1.87. The Labute approximate surface area is 130 Å². The second kappa shape index (κ2) is 6.55. The first-order valence-electron chi connectivity index (χ1n) is 6.69. The minimum absolute atomic E-state index is 0.137. The molecule has 0 saturated heterocycles. The van der Waals surface area contributed by atoms with Gasteiger partial charge < -0.3 is 14.6 Å². The van der Waals surface area contributed by atoms with Gasteiger partial charge in [0.05, 0.1) is 11.4 Å². The smallest absolute Gasteiger partial charge is 0.344 e. The monoisotopic (exact) mass is 324 g/mol. The van der Waals surface area contributed by atoms with Gasteiger partial charge in [-0.15, -0.1) is 0 Å². The van der Waals surface area contributed by atoms with Crippen LogP contribution in [-0.2, 0) is 9.53 Å². The van der Waals surface area contributed by atoms with Gasteiger partial charge in [0.1, 0.15) is 23.0 Å². The summed E-state index contributed by atoms with van der Waals surface area (Å²) in [5.41, 5.74) is 0.263. The molecule has 1 N–H and O–H groups in total. The first-order valence-corrected chi connectivity index (χ1v) is 6.69. The summed E-state index contributed by atoms with van der Waals surface area (Å²) < 4.78 is 36.1. The Balaban J connectivity index is 2.04. The summed E-state index contributed by atoms with van der Waals surface area (Å²) in [6.45, 7) is 4.42. The van der Waals surface area contributed by atoms with Gasteiger partial charge in [0.2, 0.25) is 0 Å². The SMILES string of the molecule is Cc1noc(C)c1C(=O)O[C@@H](C)C(=O)Nc1ccc(F)cc1F. The van der Waals surface area contributed by atoms with E-state index in [1.165, 1.54) is 13.8 Å². The molecule has 2 rings (SSSR count). The average Bonchev–Trinajstić information content (AvgIpc) is 2.81. The van der Waals surface area contributed by atoms with Crippen molar-refractivity contribution in [3.63, 3.8) is 0 Å². The van der Waals surface area contributed by atoms with Gasteiger partial charge in [-0.1, -0.05) is 5.16 Å². The van der Waals surface area contributed by atoms with E-state index in [0.29, 0.717) is 11.8 Å². The highest BCUT2D eigenvalue weighted by Crippen LogP contribution is 2.17. The Bertz CT molecular complexity index is 738. The van der Waals surface area contributed by atoms with Gasteiger partial charge in [-0.25, -0.2) is 13.6 Å². The summed E-state index contributed by atoms with van der Waals surface area (Å²) in [4.78, 5) is 23.9. The Morgan fingerprint density at radius 1 is 1.30 bits per heavy atom. The van der Waals surface area contributed by atoms with Gasteiger partial charge in [-0.05, 0) is 32.9 Å². The number of anilines is 1. The Morgan fingerprint density at radius 2 is 2.00 bits per heavy atom. The van der Waals surface area contributed by atoms with Crippen molar-refractivity contribution in [3.05, 3.63) is 46.9 Å². The van der Waals surface area contributed by atoms with Crippen LogP contribution in [-0.4, -0.2) is 23.1 Å². The van der Waals surface area contributed by atoms with Crippen LogP contribution in [0, 0.1) is 25.5 Å². The van der Waals surface area contributed by atoms with Crippen LogP contribution in [0.2, 0.25) is 0 Å². The molecular formula is C15H14F2N2O4. The quantitative estimate of drug-likeness (QED) is 0.875. The summed E-state index contributed by atoms with van der Waals surface area (Å²) in [6, 6.07) is 2.71. The zero-order valence-corrected chi connectivity index (χ0v) is 12.6. The molecule has 0 aliphatic rings. The van der Waals surface area contributed by atoms with E-state index < -0.39 is 29.6 Å². The third kappa shape index (κ3) is 3.71. The molecule has 0 aliphatic heterocycles. The molecule has 2 aromatic rings. The van der Waals surface area contributed by atoms with E-state index in [9.17, 15) is 18.4 Å². The fraction of sp³-hybridized carbons (Fsp3) is 0.267. The van der Waals surface area contributed by atoms with E-state index in [2.05, 4.69) is 10.5 Å². The predicted octanol–water partition coefficient (Wildman–Crippen LogP) is 2.75. The molecule has 1 amide bonds. The van der Waals surface area contributed by atoms with Crippen molar-refractivity contribution in [2.24, 2.45) is 0 Å². The van der Waals surface area contributed by atoms with Crippen LogP contribution in [0.5, 0.6) is 0 Å². The number of carbonyl (C=O) groups excluding carboxylic acids is 2. The molecule has 1 heterocycles. The molecule has 0 bridgehead atoms. The summed E-state index contributed by atoms with van der Waals surface area (Å²) in [5, 5.41) is 5.84. The first kappa shape index (κ1) is 16.6. The van der Waals surface area contributed by atoms with Crippen molar-refractivity contribution in [1.29, 1.82) is 0 Å². The zero-order valence-electron chi connectivity index (χ0n) is 12.6. The number of esters is 1. The number of hydrogen-bond acceptors (Lipinski definition) is 5. The summed E-state index contributed by atoms with van der Waals surface area (Å²) in [5.74, 6) is -2.95. The lowest BCUT2D eigenvalue weighted by atomic mass is 10.2. The lowest BCUT2D eigenvalue weighted by Crippen LogP contribution is -2.30. The lowest BCUT2D eigenvalue weighted by Gasteiger charge is -2.13. The van der Waals surface area contributed by atoms with Crippen LogP contribution < -0.4 is 5.32 Å². The number of benzene rings is 1. The molecule has 122 valence electrons. The summed E-state index contributed by atoms with van der Waals surface area (Å²) in [6.07, 6.45) is -1.19. The van der Waals surface area contributed by atoms with Crippen LogP contribution in [0.1, 0.15) is 28.7 Å². The predicted molar refractivity (Wildman–Crippen MR) is 75.8 cm³/mol. The fourth-order valence-corrected chi connectivity index (χ4v) is 1.87. The molecule has 0 unspecified atom stereocenters. The normalized spacial score (nSPS) is 11.9. The zero-order chi connectivity index (χ0) is 17.1. The number of nitrogens with one attached hydrogen (secondary N) is 1. The van der Waals surface area contributed by atoms with Crippen LogP contribution >= 0.6 is 0 Å². The van der Waals surface area contributed by atoms with Crippen molar-refractivity contribution < 1.29 is 27.6 Å². The molecule has 6 nitrogen and oxygen atoms in total. The number of aromatic nitrogens is 1. The molecule has 1 atom stereocenters. The summed E-state index contributed by atoms with van der Waals surface area (Å²) >= 11 is 0. The van der Waals surface area contributed by atoms with Gasteiger partial charge in [-0.2, -0.15) is 0 Å². The third-order valence-electron chi connectivity index (χ3n) is 3.08. The molecule has 1 aromatic heterocycles. The number of aryl methyl sites for hydroxylation is 2. The number of ether oxygens (including phenoxy) is 1.